The molecule has 0 radical (unpaired) electrons. The van der Waals surface area contributed by atoms with Crippen molar-refractivity contribution in [1.82, 2.24) is 15.0 Å². The summed E-state index contributed by atoms with van der Waals surface area (Å²) in [6, 6.07) is 66.5. The van der Waals surface area contributed by atoms with Crippen LogP contribution in [0.5, 0.6) is 0 Å². The van der Waals surface area contributed by atoms with Gasteiger partial charge in [-0.3, -0.25) is 0 Å². The van der Waals surface area contributed by atoms with Gasteiger partial charge in [0.2, 0.25) is 0 Å². The molecule has 0 saturated heterocycles. The molecule has 10 rings (SSSR count). The molecule has 0 aliphatic rings. The van der Waals surface area contributed by atoms with Gasteiger partial charge in [0, 0.05) is 16.7 Å². The molecule has 0 aliphatic heterocycles. The van der Waals surface area contributed by atoms with E-state index in [0.29, 0.717) is 17.5 Å². The van der Waals surface area contributed by atoms with Crippen LogP contribution in [-0.4, -0.2) is 15.0 Å². The van der Waals surface area contributed by atoms with E-state index in [9.17, 15) is 0 Å². The monoisotopic (exact) mass is 661 g/mol. The lowest BCUT2D eigenvalue weighted by molar-refractivity contribution is 1.08. The zero-order chi connectivity index (χ0) is 34.4. The van der Waals surface area contributed by atoms with Crippen LogP contribution in [0.15, 0.2) is 188 Å². The molecule has 0 fully saturated rings. The number of hydrogen-bond donors (Lipinski definition) is 0. The van der Waals surface area contributed by atoms with E-state index in [1.54, 1.807) is 0 Å². The molecule has 0 spiro atoms. The smallest absolute Gasteiger partial charge is 0.164 e. The van der Waals surface area contributed by atoms with Gasteiger partial charge in [-0.05, 0) is 83.5 Å². The Hall–Kier alpha value is -6.97. The lowest BCUT2D eigenvalue weighted by Crippen LogP contribution is -2.01. The Morgan fingerprint density at radius 2 is 0.673 bits per heavy atom. The molecule has 10 aromatic rings. The molecule has 1 aromatic heterocycles. The molecule has 0 amide bonds. The minimum absolute atomic E-state index is 0.643. The summed E-state index contributed by atoms with van der Waals surface area (Å²) in [5.41, 5.74) is 7.66. The lowest BCUT2D eigenvalue weighted by atomic mass is 9.95. The van der Waals surface area contributed by atoms with E-state index in [0.717, 1.165) is 38.2 Å². The lowest BCUT2D eigenvalue weighted by Gasteiger charge is -2.13. The van der Waals surface area contributed by atoms with E-state index < -0.39 is 0 Å². The van der Waals surface area contributed by atoms with Crippen LogP contribution in [0, 0.1) is 0 Å². The van der Waals surface area contributed by atoms with Crippen LogP contribution in [0.2, 0.25) is 0 Å². The van der Waals surface area contributed by atoms with Gasteiger partial charge in [0.15, 0.2) is 17.5 Å². The number of fused-ring (bicyclic) bond motifs is 4. The van der Waals surface area contributed by atoms with Crippen molar-refractivity contribution < 1.29 is 0 Å². The SMILES string of the molecule is c1ccc(-c2cccc3c(-c4nc(-c5ccc6ccccc6c5)nc(-c5ccc6cc(-c7cccc8ccccc78)ccc6c5)n4)cccc23)cc1. The summed E-state index contributed by atoms with van der Waals surface area (Å²) >= 11 is 0. The van der Waals surface area contributed by atoms with Crippen molar-refractivity contribution in [2.45, 2.75) is 0 Å². The summed E-state index contributed by atoms with van der Waals surface area (Å²) in [6.45, 7) is 0. The molecule has 3 nitrogen and oxygen atoms in total. The Morgan fingerprint density at radius 3 is 1.40 bits per heavy atom. The summed E-state index contributed by atoms with van der Waals surface area (Å²) in [6.07, 6.45) is 0. The molecule has 52 heavy (non-hydrogen) atoms. The van der Waals surface area contributed by atoms with Crippen LogP contribution in [0.3, 0.4) is 0 Å². The quantitative estimate of drug-likeness (QED) is 0.184. The van der Waals surface area contributed by atoms with Crippen LogP contribution in [-0.2, 0) is 0 Å². The maximum Gasteiger partial charge on any atom is 0.164 e. The second-order valence-electron chi connectivity index (χ2n) is 13.2. The molecular formula is C49H31N3. The predicted molar refractivity (Wildman–Crippen MR) is 217 cm³/mol. The largest absolute Gasteiger partial charge is 0.208 e. The van der Waals surface area contributed by atoms with E-state index in [4.69, 9.17) is 15.0 Å². The topological polar surface area (TPSA) is 38.7 Å². The summed E-state index contributed by atoms with van der Waals surface area (Å²) < 4.78 is 0. The Balaban J connectivity index is 1.14. The predicted octanol–water partition coefficient (Wildman–Crippen LogP) is 12.8. The second kappa shape index (κ2) is 12.4. The van der Waals surface area contributed by atoms with Crippen molar-refractivity contribution in [2.75, 3.05) is 0 Å². The summed E-state index contributed by atoms with van der Waals surface area (Å²) in [7, 11) is 0. The Kier molecular flexibility index (Phi) is 7.14. The van der Waals surface area contributed by atoms with Crippen molar-refractivity contribution >= 4 is 43.1 Å². The summed E-state index contributed by atoms with van der Waals surface area (Å²) in [4.78, 5) is 15.5. The third-order valence-electron chi connectivity index (χ3n) is 10.1. The van der Waals surface area contributed by atoms with E-state index in [-0.39, 0.29) is 0 Å². The van der Waals surface area contributed by atoms with Gasteiger partial charge in [-0.2, -0.15) is 0 Å². The van der Waals surface area contributed by atoms with Crippen LogP contribution in [0.1, 0.15) is 0 Å². The van der Waals surface area contributed by atoms with Crippen LogP contribution in [0.4, 0.5) is 0 Å². The molecular weight excluding hydrogens is 631 g/mol. The fraction of sp³-hybridized carbons (Fsp3) is 0. The number of benzene rings is 9. The second-order valence-corrected chi connectivity index (χ2v) is 13.2. The van der Waals surface area contributed by atoms with Gasteiger partial charge in [0.1, 0.15) is 0 Å². The zero-order valence-electron chi connectivity index (χ0n) is 28.2. The number of hydrogen-bond acceptors (Lipinski definition) is 3. The number of nitrogens with zero attached hydrogens (tertiary/aromatic N) is 3. The molecule has 1 heterocycles. The fourth-order valence-electron chi connectivity index (χ4n) is 7.49. The van der Waals surface area contributed by atoms with E-state index >= 15 is 0 Å². The zero-order valence-corrected chi connectivity index (χ0v) is 28.2. The maximum atomic E-state index is 5.20. The van der Waals surface area contributed by atoms with Crippen LogP contribution >= 0.6 is 0 Å². The fourth-order valence-corrected chi connectivity index (χ4v) is 7.49. The summed E-state index contributed by atoms with van der Waals surface area (Å²) in [5.74, 6) is 1.94. The van der Waals surface area contributed by atoms with Crippen molar-refractivity contribution in [3.63, 3.8) is 0 Å². The molecule has 0 atom stereocenters. The first kappa shape index (κ1) is 29.9. The molecule has 9 aromatic carbocycles. The Labute approximate surface area is 301 Å². The summed E-state index contributed by atoms with van der Waals surface area (Å²) in [5, 5.41) is 9.39. The van der Waals surface area contributed by atoms with E-state index in [2.05, 4.69) is 188 Å². The molecule has 0 aliphatic carbocycles. The van der Waals surface area contributed by atoms with Gasteiger partial charge >= 0.3 is 0 Å². The van der Waals surface area contributed by atoms with E-state index in [1.165, 1.54) is 43.8 Å². The molecule has 0 bridgehead atoms. The minimum Gasteiger partial charge on any atom is -0.208 e. The third kappa shape index (κ3) is 5.28. The molecule has 242 valence electrons. The Bertz CT molecular complexity index is 2960. The molecule has 0 unspecified atom stereocenters. The van der Waals surface area contributed by atoms with Crippen molar-refractivity contribution in [2.24, 2.45) is 0 Å². The van der Waals surface area contributed by atoms with Gasteiger partial charge in [-0.15, -0.1) is 0 Å². The standard InChI is InChI=1S/C49H31N3/c1-2-12-33(13-3-1)42-19-9-21-45-44(42)20-10-22-46(45)49-51-47(39-27-23-32-11-4-5-15-35(32)30-39)50-48(52-49)40-28-25-36-29-38(26-24-37(36)31-40)43-18-8-16-34-14-6-7-17-41(34)43/h1-31H. The van der Waals surface area contributed by atoms with Crippen LogP contribution in [0.25, 0.3) is 99.5 Å². The van der Waals surface area contributed by atoms with Crippen molar-refractivity contribution in [1.29, 1.82) is 0 Å². The highest BCUT2D eigenvalue weighted by Crippen LogP contribution is 2.36. The highest BCUT2D eigenvalue weighted by molar-refractivity contribution is 6.04. The molecule has 3 heteroatoms. The van der Waals surface area contributed by atoms with Gasteiger partial charge in [0.25, 0.3) is 0 Å². The Morgan fingerprint density at radius 1 is 0.231 bits per heavy atom. The highest BCUT2D eigenvalue weighted by atomic mass is 15.0. The third-order valence-corrected chi connectivity index (χ3v) is 10.1. The van der Waals surface area contributed by atoms with Gasteiger partial charge in [0.05, 0.1) is 0 Å². The first-order valence-electron chi connectivity index (χ1n) is 17.6. The first-order valence-corrected chi connectivity index (χ1v) is 17.6. The van der Waals surface area contributed by atoms with Crippen molar-refractivity contribution in [3.8, 4) is 56.4 Å². The highest BCUT2D eigenvalue weighted by Gasteiger charge is 2.16. The van der Waals surface area contributed by atoms with Gasteiger partial charge in [-0.1, -0.05) is 170 Å². The van der Waals surface area contributed by atoms with E-state index in [1.807, 2.05) is 0 Å². The van der Waals surface area contributed by atoms with Gasteiger partial charge in [-0.25, -0.2) is 15.0 Å². The average molecular weight is 662 g/mol. The van der Waals surface area contributed by atoms with Gasteiger partial charge < -0.3 is 0 Å². The number of rotatable bonds is 5. The molecule has 0 saturated carbocycles. The number of aromatic nitrogens is 3. The molecule has 0 N–H and O–H groups in total. The maximum absolute atomic E-state index is 5.20. The normalized spacial score (nSPS) is 11.5. The first-order chi connectivity index (χ1) is 25.7. The average Bonchev–Trinajstić information content (AvgIpc) is 3.22. The van der Waals surface area contributed by atoms with Crippen molar-refractivity contribution in [3.05, 3.63) is 188 Å². The van der Waals surface area contributed by atoms with Crippen LogP contribution < -0.4 is 0 Å². The minimum atomic E-state index is 0.643.